The van der Waals surface area contributed by atoms with Crippen molar-refractivity contribution in [3.05, 3.63) is 11.7 Å². The molecule has 0 saturated carbocycles. The molecule has 0 spiro atoms. The van der Waals surface area contributed by atoms with Gasteiger partial charge in [-0.15, -0.1) is 0 Å². The Labute approximate surface area is 94.1 Å². The van der Waals surface area contributed by atoms with Crippen LogP contribution in [0.4, 0.5) is 13.6 Å². The van der Waals surface area contributed by atoms with Gasteiger partial charge in [-0.25, -0.2) is 4.79 Å². The lowest BCUT2D eigenvalue weighted by Crippen LogP contribution is -2.38. The van der Waals surface area contributed by atoms with Gasteiger partial charge >= 0.3 is 6.09 Å². The average Bonchev–Trinajstić information content (AvgIpc) is 2.43. The molecular formula is C11H17F2NO2. The lowest BCUT2D eigenvalue weighted by molar-refractivity contribution is 0.0248. The van der Waals surface area contributed by atoms with Crippen LogP contribution in [0.1, 0.15) is 34.1 Å². The van der Waals surface area contributed by atoms with E-state index in [0.717, 1.165) is 0 Å². The molecule has 1 aliphatic rings. The topological polar surface area (TPSA) is 29.5 Å². The molecule has 16 heavy (non-hydrogen) atoms. The zero-order chi connectivity index (χ0) is 12.5. The van der Waals surface area contributed by atoms with E-state index in [1.807, 2.05) is 0 Å². The number of carbonyl (C=O) groups is 1. The molecule has 0 aromatic heterocycles. The number of likely N-dealkylation sites (tertiary alicyclic amines) is 1. The van der Waals surface area contributed by atoms with Crippen LogP contribution in [0.3, 0.4) is 0 Å². The molecular weight excluding hydrogens is 216 g/mol. The van der Waals surface area contributed by atoms with Crippen molar-refractivity contribution in [2.45, 2.75) is 45.8 Å². The lowest BCUT2D eigenvalue weighted by atomic mass is 10.1. The Balaban J connectivity index is 2.71. The summed E-state index contributed by atoms with van der Waals surface area (Å²) >= 11 is 0. The normalized spacial score (nSPS) is 21.2. The molecule has 3 nitrogen and oxygen atoms in total. The molecule has 0 aromatic carbocycles. The highest BCUT2D eigenvalue weighted by atomic mass is 19.3. The zero-order valence-corrected chi connectivity index (χ0v) is 10.0. The van der Waals surface area contributed by atoms with Crippen molar-refractivity contribution in [3.8, 4) is 0 Å². The fourth-order valence-corrected chi connectivity index (χ4v) is 1.65. The fourth-order valence-electron chi connectivity index (χ4n) is 1.65. The number of amides is 1. The summed E-state index contributed by atoms with van der Waals surface area (Å²) in [4.78, 5) is 13.0. The van der Waals surface area contributed by atoms with Gasteiger partial charge in [-0.2, -0.15) is 8.78 Å². The number of rotatable bonds is 0. The molecule has 1 fully saturated rings. The Kier molecular flexibility index (Phi) is 3.55. The highest BCUT2D eigenvalue weighted by molar-refractivity contribution is 5.69. The first-order valence-corrected chi connectivity index (χ1v) is 5.26. The Bertz CT molecular complexity index is 316. The minimum atomic E-state index is -1.68. The SMILES string of the molecule is CC1C(=C(F)F)CCN1C(=O)OC(C)(C)C. The second-order valence-electron chi connectivity index (χ2n) is 4.89. The van der Waals surface area contributed by atoms with Gasteiger partial charge in [-0.05, 0) is 34.1 Å². The van der Waals surface area contributed by atoms with Crippen LogP contribution in [-0.2, 0) is 4.74 Å². The van der Waals surface area contributed by atoms with Crippen molar-refractivity contribution in [2.75, 3.05) is 6.54 Å². The number of hydrogen-bond donors (Lipinski definition) is 0. The zero-order valence-electron chi connectivity index (χ0n) is 10.0. The molecule has 1 atom stereocenters. The number of hydrogen-bond acceptors (Lipinski definition) is 2. The summed E-state index contributed by atoms with van der Waals surface area (Å²) < 4.78 is 30.1. The Morgan fingerprint density at radius 3 is 2.38 bits per heavy atom. The van der Waals surface area contributed by atoms with E-state index in [1.54, 1.807) is 27.7 Å². The largest absolute Gasteiger partial charge is 0.444 e. The third kappa shape index (κ3) is 2.93. The van der Waals surface area contributed by atoms with Gasteiger partial charge in [0.05, 0.1) is 6.04 Å². The minimum Gasteiger partial charge on any atom is -0.444 e. The van der Waals surface area contributed by atoms with Gasteiger partial charge in [-0.3, -0.25) is 0 Å². The van der Waals surface area contributed by atoms with E-state index in [-0.39, 0.29) is 12.0 Å². The number of carbonyl (C=O) groups excluding carboxylic acids is 1. The van der Waals surface area contributed by atoms with Gasteiger partial charge < -0.3 is 9.64 Å². The summed E-state index contributed by atoms with van der Waals surface area (Å²) in [6.07, 6.45) is -1.99. The summed E-state index contributed by atoms with van der Waals surface area (Å²) in [5.41, 5.74) is -0.566. The number of nitrogens with zero attached hydrogens (tertiary/aromatic N) is 1. The first-order chi connectivity index (χ1) is 7.22. The standard InChI is InChI=1S/C11H17F2NO2/c1-7-8(9(12)13)5-6-14(7)10(15)16-11(2,3)4/h7H,5-6H2,1-4H3. The highest BCUT2D eigenvalue weighted by Crippen LogP contribution is 2.28. The van der Waals surface area contributed by atoms with E-state index in [9.17, 15) is 13.6 Å². The van der Waals surface area contributed by atoms with E-state index in [1.165, 1.54) is 4.90 Å². The second-order valence-corrected chi connectivity index (χ2v) is 4.89. The molecule has 0 radical (unpaired) electrons. The molecule has 1 heterocycles. The van der Waals surface area contributed by atoms with Crippen LogP contribution >= 0.6 is 0 Å². The van der Waals surface area contributed by atoms with Crippen LogP contribution < -0.4 is 0 Å². The number of halogens is 2. The van der Waals surface area contributed by atoms with E-state index >= 15 is 0 Å². The van der Waals surface area contributed by atoms with Crippen LogP contribution in [-0.4, -0.2) is 29.2 Å². The Morgan fingerprint density at radius 2 is 2.00 bits per heavy atom. The molecule has 92 valence electrons. The highest BCUT2D eigenvalue weighted by Gasteiger charge is 2.34. The quantitative estimate of drug-likeness (QED) is 0.643. The van der Waals surface area contributed by atoms with E-state index in [2.05, 4.69) is 0 Å². The van der Waals surface area contributed by atoms with Crippen molar-refractivity contribution in [3.63, 3.8) is 0 Å². The van der Waals surface area contributed by atoms with E-state index in [4.69, 9.17) is 4.74 Å². The minimum absolute atomic E-state index is 0.0332. The van der Waals surface area contributed by atoms with Gasteiger partial charge in [0.1, 0.15) is 5.60 Å². The van der Waals surface area contributed by atoms with Crippen molar-refractivity contribution < 1.29 is 18.3 Å². The van der Waals surface area contributed by atoms with Crippen LogP contribution in [0.15, 0.2) is 11.7 Å². The van der Waals surface area contributed by atoms with Crippen LogP contribution in [0, 0.1) is 0 Å². The van der Waals surface area contributed by atoms with E-state index < -0.39 is 23.8 Å². The van der Waals surface area contributed by atoms with Crippen molar-refractivity contribution in [1.29, 1.82) is 0 Å². The maximum absolute atomic E-state index is 12.5. The van der Waals surface area contributed by atoms with Gasteiger partial charge in [0.15, 0.2) is 0 Å². The third-order valence-corrected chi connectivity index (χ3v) is 2.46. The first kappa shape index (κ1) is 12.9. The van der Waals surface area contributed by atoms with Crippen molar-refractivity contribution in [2.24, 2.45) is 0 Å². The summed E-state index contributed by atoms with van der Waals surface area (Å²) in [6, 6.07) is -0.570. The molecule has 0 bridgehead atoms. The fraction of sp³-hybridized carbons (Fsp3) is 0.727. The van der Waals surface area contributed by atoms with Crippen LogP contribution in [0.2, 0.25) is 0 Å². The van der Waals surface area contributed by atoms with Gasteiger partial charge in [0.2, 0.25) is 0 Å². The second kappa shape index (κ2) is 4.39. The van der Waals surface area contributed by atoms with Gasteiger partial charge in [0.25, 0.3) is 6.08 Å². The Morgan fingerprint density at radius 1 is 1.44 bits per heavy atom. The first-order valence-electron chi connectivity index (χ1n) is 5.26. The van der Waals surface area contributed by atoms with E-state index in [0.29, 0.717) is 6.54 Å². The smallest absolute Gasteiger partial charge is 0.410 e. The molecule has 0 aromatic rings. The number of ether oxygens (including phenoxy) is 1. The lowest BCUT2D eigenvalue weighted by Gasteiger charge is -2.26. The third-order valence-electron chi connectivity index (χ3n) is 2.46. The summed E-state index contributed by atoms with van der Waals surface area (Å²) in [5.74, 6) is 0. The summed E-state index contributed by atoms with van der Waals surface area (Å²) in [7, 11) is 0. The molecule has 5 heteroatoms. The predicted molar refractivity (Wildman–Crippen MR) is 56.3 cm³/mol. The average molecular weight is 233 g/mol. The van der Waals surface area contributed by atoms with Crippen molar-refractivity contribution >= 4 is 6.09 Å². The van der Waals surface area contributed by atoms with Gasteiger partial charge in [0, 0.05) is 12.1 Å². The molecule has 1 rings (SSSR count). The van der Waals surface area contributed by atoms with Crippen LogP contribution in [0.25, 0.3) is 0 Å². The monoisotopic (exact) mass is 233 g/mol. The predicted octanol–water partition coefficient (Wildman–Crippen LogP) is 3.17. The maximum atomic E-state index is 12.5. The molecule has 0 aliphatic carbocycles. The van der Waals surface area contributed by atoms with Gasteiger partial charge in [-0.1, -0.05) is 0 Å². The summed E-state index contributed by atoms with van der Waals surface area (Å²) in [6.45, 7) is 7.13. The van der Waals surface area contributed by atoms with Crippen molar-refractivity contribution in [1.82, 2.24) is 4.90 Å². The summed E-state index contributed by atoms with van der Waals surface area (Å²) in [5, 5.41) is 0. The van der Waals surface area contributed by atoms with Crippen LogP contribution in [0.5, 0.6) is 0 Å². The molecule has 1 aliphatic heterocycles. The molecule has 1 saturated heterocycles. The molecule has 0 N–H and O–H groups in total. The maximum Gasteiger partial charge on any atom is 0.410 e. The molecule has 1 amide bonds. The Hall–Kier alpha value is -1.13. The molecule has 1 unspecified atom stereocenters.